The normalized spacial score (nSPS) is 22.8. The van der Waals surface area contributed by atoms with Gasteiger partial charge in [0.1, 0.15) is 0 Å². The molecule has 0 atom stereocenters. The van der Waals surface area contributed by atoms with E-state index in [0.29, 0.717) is 6.42 Å². The minimum Gasteiger partial charge on any atom is -0.295 e. The second-order valence-corrected chi connectivity index (χ2v) is 6.90. The van der Waals surface area contributed by atoms with Gasteiger partial charge in [-0.2, -0.15) is 0 Å². The summed E-state index contributed by atoms with van der Waals surface area (Å²) in [5, 5.41) is 0. The van der Waals surface area contributed by atoms with Crippen molar-refractivity contribution in [2.75, 3.05) is 0 Å². The van der Waals surface area contributed by atoms with Crippen molar-refractivity contribution < 1.29 is 4.79 Å². The summed E-state index contributed by atoms with van der Waals surface area (Å²) in [4.78, 5) is 11.8. The summed E-state index contributed by atoms with van der Waals surface area (Å²) in [7, 11) is 0. The Kier molecular flexibility index (Phi) is 3.08. The van der Waals surface area contributed by atoms with Gasteiger partial charge in [0.15, 0.2) is 5.78 Å². The minimum absolute atomic E-state index is 0.105. The third-order valence-corrected chi connectivity index (χ3v) is 4.52. The van der Waals surface area contributed by atoms with E-state index in [1.54, 1.807) is 0 Å². The molecule has 1 saturated carbocycles. The molecule has 0 radical (unpaired) electrons. The van der Waals surface area contributed by atoms with E-state index in [4.69, 9.17) is 0 Å². The molecule has 0 aliphatic heterocycles. The third kappa shape index (κ3) is 2.65. The number of allylic oxidation sites excluding steroid dienone is 2. The summed E-state index contributed by atoms with van der Waals surface area (Å²) in [6.07, 6.45) is 7.59. The molecule has 2 aliphatic rings. The molecule has 0 unspecified atom stereocenters. The highest BCUT2D eigenvalue weighted by molar-refractivity contribution is 5.99. The molecule has 0 aromatic heterocycles. The van der Waals surface area contributed by atoms with E-state index in [9.17, 15) is 4.79 Å². The number of rotatable bonds is 2. The van der Waals surface area contributed by atoms with E-state index in [1.165, 1.54) is 36.0 Å². The molecular weight excluding hydrogens is 232 g/mol. The van der Waals surface area contributed by atoms with Crippen molar-refractivity contribution in [3.63, 3.8) is 0 Å². The van der Waals surface area contributed by atoms with Crippen LogP contribution in [0.25, 0.3) is 5.57 Å². The SMILES string of the molecule is CC1(C)CC(=O)C=C(c2ccc(C3CCC3)cc2)C1. The van der Waals surface area contributed by atoms with Crippen molar-refractivity contribution >= 4 is 11.4 Å². The second-order valence-electron chi connectivity index (χ2n) is 6.90. The molecule has 19 heavy (non-hydrogen) atoms. The predicted molar refractivity (Wildman–Crippen MR) is 79.0 cm³/mol. The number of hydrogen-bond donors (Lipinski definition) is 0. The van der Waals surface area contributed by atoms with Crippen LogP contribution in [0.1, 0.15) is 63.0 Å². The van der Waals surface area contributed by atoms with Crippen molar-refractivity contribution in [1.82, 2.24) is 0 Å². The molecule has 1 nitrogen and oxygen atoms in total. The molecule has 0 N–H and O–H groups in total. The average Bonchev–Trinajstić information content (AvgIpc) is 2.25. The van der Waals surface area contributed by atoms with Crippen LogP contribution < -0.4 is 0 Å². The van der Waals surface area contributed by atoms with Crippen LogP contribution in [0.5, 0.6) is 0 Å². The third-order valence-electron chi connectivity index (χ3n) is 4.52. The van der Waals surface area contributed by atoms with Crippen molar-refractivity contribution in [3.8, 4) is 0 Å². The van der Waals surface area contributed by atoms with Crippen LogP contribution in [0.2, 0.25) is 0 Å². The molecule has 0 spiro atoms. The Morgan fingerprint density at radius 2 is 1.74 bits per heavy atom. The molecule has 1 aromatic carbocycles. The molecule has 0 heterocycles. The first-order valence-electron chi connectivity index (χ1n) is 7.37. The number of hydrogen-bond acceptors (Lipinski definition) is 1. The van der Waals surface area contributed by atoms with E-state index < -0.39 is 0 Å². The Labute approximate surface area is 115 Å². The number of carbonyl (C=O) groups is 1. The Balaban J connectivity index is 1.83. The van der Waals surface area contributed by atoms with Crippen LogP contribution >= 0.6 is 0 Å². The summed E-state index contributed by atoms with van der Waals surface area (Å²) in [5.74, 6) is 1.06. The van der Waals surface area contributed by atoms with Crippen molar-refractivity contribution in [3.05, 3.63) is 41.5 Å². The van der Waals surface area contributed by atoms with Gasteiger partial charge in [-0.25, -0.2) is 0 Å². The highest BCUT2D eigenvalue weighted by atomic mass is 16.1. The lowest BCUT2D eigenvalue weighted by molar-refractivity contribution is -0.116. The summed E-state index contributed by atoms with van der Waals surface area (Å²) in [5.41, 5.74) is 4.01. The smallest absolute Gasteiger partial charge is 0.156 e. The Morgan fingerprint density at radius 3 is 2.26 bits per heavy atom. The molecule has 0 bridgehead atoms. The molecule has 0 saturated heterocycles. The zero-order chi connectivity index (χ0) is 13.5. The Bertz CT molecular complexity index is 515. The highest BCUT2D eigenvalue weighted by Crippen LogP contribution is 2.40. The maximum Gasteiger partial charge on any atom is 0.156 e. The first-order chi connectivity index (χ1) is 9.03. The maximum absolute atomic E-state index is 11.8. The highest BCUT2D eigenvalue weighted by Gasteiger charge is 2.28. The van der Waals surface area contributed by atoms with Gasteiger partial charge in [0.25, 0.3) is 0 Å². The van der Waals surface area contributed by atoms with Crippen LogP contribution in [-0.2, 0) is 4.79 Å². The first kappa shape index (κ1) is 12.7. The van der Waals surface area contributed by atoms with Crippen molar-refractivity contribution in [2.45, 2.75) is 51.9 Å². The van der Waals surface area contributed by atoms with Crippen LogP contribution in [0.15, 0.2) is 30.3 Å². The Hall–Kier alpha value is -1.37. The van der Waals surface area contributed by atoms with Crippen LogP contribution in [0.4, 0.5) is 0 Å². The fourth-order valence-electron chi connectivity index (χ4n) is 3.24. The van der Waals surface area contributed by atoms with E-state index in [-0.39, 0.29) is 11.2 Å². The van der Waals surface area contributed by atoms with E-state index in [2.05, 4.69) is 38.1 Å². The van der Waals surface area contributed by atoms with Crippen LogP contribution in [0.3, 0.4) is 0 Å². The predicted octanol–water partition coefficient (Wildman–Crippen LogP) is 4.73. The molecule has 1 fully saturated rings. The zero-order valence-corrected chi connectivity index (χ0v) is 11.9. The van der Waals surface area contributed by atoms with Gasteiger partial charge in [0, 0.05) is 6.42 Å². The lowest BCUT2D eigenvalue weighted by Gasteiger charge is -2.29. The lowest BCUT2D eigenvalue weighted by Crippen LogP contribution is -2.21. The van der Waals surface area contributed by atoms with Gasteiger partial charge in [-0.15, -0.1) is 0 Å². The molecule has 3 rings (SSSR count). The largest absolute Gasteiger partial charge is 0.295 e. The molecule has 2 aliphatic carbocycles. The summed E-state index contributed by atoms with van der Waals surface area (Å²) in [6.45, 7) is 4.36. The summed E-state index contributed by atoms with van der Waals surface area (Å²) in [6, 6.07) is 8.92. The molecule has 1 heteroatoms. The summed E-state index contributed by atoms with van der Waals surface area (Å²) >= 11 is 0. The summed E-state index contributed by atoms with van der Waals surface area (Å²) < 4.78 is 0. The quantitative estimate of drug-likeness (QED) is 0.746. The zero-order valence-electron chi connectivity index (χ0n) is 11.9. The molecular formula is C18H22O. The van der Waals surface area contributed by atoms with Gasteiger partial charge in [0.05, 0.1) is 0 Å². The number of ketones is 1. The van der Waals surface area contributed by atoms with Crippen LogP contribution in [0, 0.1) is 5.41 Å². The molecule has 0 amide bonds. The van der Waals surface area contributed by atoms with E-state index in [1.807, 2.05) is 6.08 Å². The van der Waals surface area contributed by atoms with Crippen molar-refractivity contribution in [1.29, 1.82) is 0 Å². The average molecular weight is 254 g/mol. The Morgan fingerprint density at radius 1 is 1.05 bits per heavy atom. The number of carbonyl (C=O) groups excluding carboxylic acids is 1. The fourth-order valence-corrected chi connectivity index (χ4v) is 3.24. The van der Waals surface area contributed by atoms with Gasteiger partial charge in [-0.05, 0) is 53.4 Å². The van der Waals surface area contributed by atoms with E-state index in [0.717, 1.165) is 12.3 Å². The maximum atomic E-state index is 11.8. The lowest BCUT2D eigenvalue weighted by atomic mass is 9.74. The monoisotopic (exact) mass is 254 g/mol. The van der Waals surface area contributed by atoms with Crippen LogP contribution in [-0.4, -0.2) is 5.78 Å². The van der Waals surface area contributed by atoms with Gasteiger partial charge >= 0.3 is 0 Å². The molecule has 100 valence electrons. The van der Waals surface area contributed by atoms with Gasteiger partial charge < -0.3 is 0 Å². The second kappa shape index (κ2) is 4.63. The standard InChI is InChI=1S/C18H22O/c1-18(2)11-16(10-17(19)12-18)15-8-6-14(7-9-15)13-4-3-5-13/h6-10,13H,3-5,11-12H2,1-2H3. The van der Waals surface area contributed by atoms with Gasteiger partial charge in [0.2, 0.25) is 0 Å². The molecule has 1 aromatic rings. The van der Waals surface area contributed by atoms with Gasteiger partial charge in [-0.1, -0.05) is 44.5 Å². The topological polar surface area (TPSA) is 17.1 Å². The minimum atomic E-state index is 0.105. The van der Waals surface area contributed by atoms with Gasteiger partial charge in [-0.3, -0.25) is 4.79 Å². The van der Waals surface area contributed by atoms with Crippen molar-refractivity contribution in [2.24, 2.45) is 5.41 Å². The fraction of sp³-hybridized carbons (Fsp3) is 0.500. The first-order valence-corrected chi connectivity index (χ1v) is 7.37. The van der Waals surface area contributed by atoms with E-state index >= 15 is 0 Å². The number of benzene rings is 1.